The quantitative estimate of drug-likeness (QED) is 0.445. The molecular formula is C10H17IO2. The Kier molecular flexibility index (Phi) is 4.49. The van der Waals surface area contributed by atoms with Crippen LogP contribution in [0.3, 0.4) is 0 Å². The Labute approximate surface area is 93.6 Å². The second-order valence-corrected chi connectivity index (χ2v) is 5.51. The molecule has 1 fully saturated rings. The first-order valence-corrected chi connectivity index (χ1v) is 6.20. The smallest absolute Gasteiger partial charge is 0.309 e. The third kappa shape index (κ3) is 3.11. The van der Waals surface area contributed by atoms with Gasteiger partial charge in [-0.25, -0.2) is 0 Å². The highest BCUT2D eigenvalue weighted by atomic mass is 127. The number of rotatable bonds is 2. The monoisotopic (exact) mass is 296 g/mol. The van der Waals surface area contributed by atoms with E-state index < -0.39 is 0 Å². The van der Waals surface area contributed by atoms with Gasteiger partial charge in [-0.3, -0.25) is 4.79 Å². The third-order valence-electron chi connectivity index (χ3n) is 2.72. The molecule has 1 aliphatic rings. The number of alkyl halides is 1. The van der Waals surface area contributed by atoms with E-state index in [0.29, 0.717) is 16.4 Å². The summed E-state index contributed by atoms with van der Waals surface area (Å²) in [6, 6.07) is 0. The molecule has 1 aliphatic carbocycles. The highest BCUT2D eigenvalue weighted by Gasteiger charge is 2.32. The van der Waals surface area contributed by atoms with Crippen molar-refractivity contribution < 1.29 is 9.53 Å². The van der Waals surface area contributed by atoms with E-state index >= 15 is 0 Å². The van der Waals surface area contributed by atoms with Crippen molar-refractivity contribution in [1.82, 2.24) is 0 Å². The largest absolute Gasteiger partial charge is 0.466 e. The molecule has 3 unspecified atom stereocenters. The summed E-state index contributed by atoms with van der Waals surface area (Å²) in [4.78, 5) is 11.5. The number of carbonyl (C=O) groups is 1. The molecule has 0 aromatic rings. The van der Waals surface area contributed by atoms with E-state index in [0.717, 1.165) is 12.8 Å². The molecule has 76 valence electrons. The van der Waals surface area contributed by atoms with Crippen LogP contribution in [0.1, 0.15) is 33.1 Å². The van der Waals surface area contributed by atoms with Crippen LogP contribution in [0.5, 0.6) is 0 Å². The first kappa shape index (κ1) is 11.3. The minimum Gasteiger partial charge on any atom is -0.466 e. The minimum atomic E-state index is 0.0105. The van der Waals surface area contributed by atoms with Crippen LogP contribution in [0.2, 0.25) is 0 Å². The highest BCUT2D eigenvalue weighted by molar-refractivity contribution is 14.1. The minimum absolute atomic E-state index is 0.0105. The molecule has 0 saturated heterocycles. The standard InChI is InChI=1S/C10H17IO2/c1-3-13-10(12)9-6-8(11)5-4-7(9)2/h7-9H,3-6H2,1-2H3. The average molecular weight is 296 g/mol. The molecule has 0 aromatic carbocycles. The lowest BCUT2D eigenvalue weighted by molar-refractivity contribution is -0.150. The number of hydrogen-bond donors (Lipinski definition) is 0. The number of esters is 1. The lowest BCUT2D eigenvalue weighted by Crippen LogP contribution is -2.31. The summed E-state index contributed by atoms with van der Waals surface area (Å²) in [6.45, 7) is 4.53. The molecule has 0 radical (unpaired) electrons. The second-order valence-electron chi connectivity index (χ2n) is 3.75. The molecule has 13 heavy (non-hydrogen) atoms. The normalized spacial score (nSPS) is 34.2. The van der Waals surface area contributed by atoms with Gasteiger partial charge in [-0.1, -0.05) is 29.5 Å². The van der Waals surface area contributed by atoms with E-state index in [-0.39, 0.29) is 11.9 Å². The van der Waals surface area contributed by atoms with E-state index in [9.17, 15) is 4.79 Å². The zero-order chi connectivity index (χ0) is 9.84. The van der Waals surface area contributed by atoms with Crippen molar-refractivity contribution in [2.75, 3.05) is 6.61 Å². The fourth-order valence-electron chi connectivity index (χ4n) is 1.85. The van der Waals surface area contributed by atoms with Gasteiger partial charge >= 0.3 is 5.97 Å². The molecule has 0 heterocycles. The number of carbonyl (C=O) groups excluding carboxylic acids is 1. The molecule has 0 amide bonds. The van der Waals surface area contributed by atoms with Crippen molar-refractivity contribution in [1.29, 1.82) is 0 Å². The van der Waals surface area contributed by atoms with Crippen molar-refractivity contribution in [3.63, 3.8) is 0 Å². The predicted molar refractivity (Wildman–Crippen MR) is 60.9 cm³/mol. The van der Waals surface area contributed by atoms with Crippen molar-refractivity contribution in [3.8, 4) is 0 Å². The van der Waals surface area contributed by atoms with Crippen LogP contribution in [0.15, 0.2) is 0 Å². The van der Waals surface area contributed by atoms with Crippen LogP contribution in [0, 0.1) is 11.8 Å². The third-order valence-corrected chi connectivity index (χ3v) is 3.85. The summed E-state index contributed by atoms with van der Waals surface area (Å²) in [5.74, 6) is 0.664. The Balaban J connectivity index is 2.50. The van der Waals surface area contributed by atoms with Gasteiger partial charge in [0.25, 0.3) is 0 Å². The second kappa shape index (κ2) is 5.17. The van der Waals surface area contributed by atoms with Gasteiger partial charge in [-0.05, 0) is 32.1 Å². The number of ether oxygens (including phenoxy) is 1. The zero-order valence-electron chi connectivity index (χ0n) is 8.25. The summed E-state index contributed by atoms with van der Waals surface area (Å²) in [7, 11) is 0. The lowest BCUT2D eigenvalue weighted by Gasteiger charge is -2.29. The molecule has 1 rings (SSSR count). The summed E-state index contributed by atoms with van der Waals surface area (Å²) in [5, 5.41) is 0. The van der Waals surface area contributed by atoms with Gasteiger partial charge in [0.1, 0.15) is 0 Å². The van der Waals surface area contributed by atoms with Crippen molar-refractivity contribution >= 4 is 28.6 Å². The van der Waals surface area contributed by atoms with Crippen LogP contribution in [0.25, 0.3) is 0 Å². The molecule has 0 aromatic heterocycles. The Morgan fingerprint density at radius 2 is 2.23 bits per heavy atom. The fraction of sp³-hybridized carbons (Fsp3) is 0.900. The maximum atomic E-state index is 11.5. The van der Waals surface area contributed by atoms with Gasteiger partial charge < -0.3 is 4.74 Å². The average Bonchev–Trinajstić information content (AvgIpc) is 2.09. The molecule has 3 heteroatoms. The van der Waals surface area contributed by atoms with E-state index in [2.05, 4.69) is 29.5 Å². The van der Waals surface area contributed by atoms with Gasteiger partial charge in [-0.15, -0.1) is 0 Å². The number of hydrogen-bond acceptors (Lipinski definition) is 2. The van der Waals surface area contributed by atoms with Crippen LogP contribution >= 0.6 is 22.6 Å². The van der Waals surface area contributed by atoms with E-state index in [1.807, 2.05) is 6.92 Å². The molecule has 0 aliphatic heterocycles. The number of halogens is 1. The van der Waals surface area contributed by atoms with E-state index in [1.54, 1.807) is 0 Å². The van der Waals surface area contributed by atoms with Gasteiger partial charge in [-0.2, -0.15) is 0 Å². The van der Waals surface area contributed by atoms with Crippen molar-refractivity contribution in [2.45, 2.75) is 37.0 Å². The molecule has 0 spiro atoms. The first-order chi connectivity index (χ1) is 6.15. The Morgan fingerprint density at radius 3 is 2.85 bits per heavy atom. The lowest BCUT2D eigenvalue weighted by atomic mass is 9.80. The maximum Gasteiger partial charge on any atom is 0.309 e. The van der Waals surface area contributed by atoms with Gasteiger partial charge in [0.15, 0.2) is 0 Å². The van der Waals surface area contributed by atoms with E-state index in [1.165, 1.54) is 6.42 Å². The summed E-state index contributed by atoms with van der Waals surface area (Å²) >= 11 is 2.44. The molecule has 1 saturated carbocycles. The SMILES string of the molecule is CCOC(=O)C1CC(I)CCC1C. The van der Waals surface area contributed by atoms with Crippen molar-refractivity contribution in [2.24, 2.45) is 11.8 Å². The maximum absolute atomic E-state index is 11.5. The van der Waals surface area contributed by atoms with Gasteiger partial charge in [0, 0.05) is 3.92 Å². The van der Waals surface area contributed by atoms with Crippen molar-refractivity contribution in [3.05, 3.63) is 0 Å². The Morgan fingerprint density at radius 1 is 1.54 bits per heavy atom. The van der Waals surface area contributed by atoms with Crippen LogP contribution in [-0.4, -0.2) is 16.5 Å². The molecule has 0 N–H and O–H groups in total. The molecule has 0 bridgehead atoms. The van der Waals surface area contributed by atoms with Crippen LogP contribution in [0.4, 0.5) is 0 Å². The zero-order valence-corrected chi connectivity index (χ0v) is 10.4. The highest BCUT2D eigenvalue weighted by Crippen LogP contribution is 2.34. The predicted octanol–water partition coefficient (Wildman–Crippen LogP) is 2.79. The van der Waals surface area contributed by atoms with Crippen LogP contribution in [-0.2, 0) is 9.53 Å². The van der Waals surface area contributed by atoms with Crippen LogP contribution < -0.4 is 0 Å². The Hall–Kier alpha value is 0.200. The Bertz CT molecular complexity index is 182. The summed E-state index contributed by atoms with van der Waals surface area (Å²) in [6.07, 6.45) is 3.41. The molecule has 2 nitrogen and oxygen atoms in total. The first-order valence-electron chi connectivity index (χ1n) is 4.95. The molecule has 3 atom stereocenters. The van der Waals surface area contributed by atoms with Gasteiger partial charge in [0.05, 0.1) is 12.5 Å². The van der Waals surface area contributed by atoms with Gasteiger partial charge in [0.2, 0.25) is 0 Å². The molecular weight excluding hydrogens is 279 g/mol. The fourth-order valence-corrected chi connectivity index (χ4v) is 2.76. The summed E-state index contributed by atoms with van der Waals surface area (Å²) in [5.41, 5.74) is 0. The topological polar surface area (TPSA) is 26.3 Å². The summed E-state index contributed by atoms with van der Waals surface area (Å²) < 4.78 is 5.71. The van der Waals surface area contributed by atoms with E-state index in [4.69, 9.17) is 4.74 Å².